The van der Waals surface area contributed by atoms with Crippen molar-refractivity contribution in [2.75, 3.05) is 18.4 Å². The third-order valence-corrected chi connectivity index (χ3v) is 4.41. The molecule has 2 rings (SSSR count). The third kappa shape index (κ3) is 4.47. The molecular formula is C18H25ClN2O2. The lowest BCUT2D eigenvalue weighted by atomic mass is 9.91. The molecule has 1 atom stereocenters. The number of nitrogens with zero attached hydrogens (tertiary/aromatic N) is 1. The Morgan fingerprint density at radius 1 is 1.30 bits per heavy atom. The van der Waals surface area contributed by atoms with Gasteiger partial charge in [-0.25, -0.2) is 0 Å². The Morgan fingerprint density at radius 3 is 2.65 bits per heavy atom. The summed E-state index contributed by atoms with van der Waals surface area (Å²) >= 11 is 6.00. The monoisotopic (exact) mass is 336 g/mol. The summed E-state index contributed by atoms with van der Waals surface area (Å²) in [4.78, 5) is 26.8. The molecule has 0 radical (unpaired) electrons. The number of halogens is 1. The topological polar surface area (TPSA) is 49.4 Å². The van der Waals surface area contributed by atoms with Crippen LogP contribution in [-0.4, -0.2) is 29.8 Å². The maximum Gasteiger partial charge on any atom is 0.229 e. The third-order valence-electron chi connectivity index (χ3n) is 4.18. The Bertz CT molecular complexity index is 608. The normalized spacial score (nSPS) is 18.7. The molecule has 1 fully saturated rings. The van der Waals surface area contributed by atoms with Gasteiger partial charge in [-0.15, -0.1) is 0 Å². The van der Waals surface area contributed by atoms with Crippen LogP contribution < -0.4 is 5.32 Å². The van der Waals surface area contributed by atoms with E-state index in [1.54, 1.807) is 12.1 Å². The van der Waals surface area contributed by atoms with Gasteiger partial charge in [-0.2, -0.15) is 0 Å². The average molecular weight is 337 g/mol. The second kappa shape index (κ2) is 6.91. The summed E-state index contributed by atoms with van der Waals surface area (Å²) in [6.07, 6.45) is 1.66. The molecular weight excluding hydrogens is 312 g/mol. The van der Waals surface area contributed by atoms with Crippen LogP contribution in [0, 0.1) is 18.3 Å². The maximum atomic E-state index is 12.6. The fraction of sp³-hybridized carbons (Fsp3) is 0.556. The van der Waals surface area contributed by atoms with Crippen molar-refractivity contribution < 1.29 is 9.59 Å². The highest BCUT2D eigenvalue weighted by atomic mass is 35.5. The van der Waals surface area contributed by atoms with E-state index in [-0.39, 0.29) is 17.7 Å². The van der Waals surface area contributed by atoms with Gasteiger partial charge < -0.3 is 10.2 Å². The summed E-state index contributed by atoms with van der Waals surface area (Å²) in [7, 11) is 0. The Balaban J connectivity index is 2.05. The van der Waals surface area contributed by atoms with Gasteiger partial charge in [0.05, 0.1) is 5.92 Å². The van der Waals surface area contributed by atoms with Crippen LogP contribution in [0.3, 0.4) is 0 Å². The van der Waals surface area contributed by atoms with Crippen LogP contribution in [0.2, 0.25) is 5.02 Å². The summed E-state index contributed by atoms with van der Waals surface area (Å²) in [6, 6.07) is 5.45. The minimum atomic E-state index is -0.415. The summed E-state index contributed by atoms with van der Waals surface area (Å²) in [5.74, 6) is -0.107. The number of rotatable bonds is 2. The number of piperidine rings is 1. The predicted octanol–water partition coefficient (Wildman–Crippen LogP) is 3.87. The lowest BCUT2D eigenvalue weighted by Gasteiger charge is -2.36. The molecule has 0 aliphatic carbocycles. The molecule has 1 aromatic rings. The molecule has 126 valence electrons. The number of carbonyl (C=O) groups excluding carboxylic acids is 2. The first-order valence-electron chi connectivity index (χ1n) is 8.05. The van der Waals surface area contributed by atoms with Gasteiger partial charge >= 0.3 is 0 Å². The van der Waals surface area contributed by atoms with Crippen LogP contribution >= 0.6 is 11.6 Å². The molecule has 0 aromatic heterocycles. The number of benzene rings is 1. The van der Waals surface area contributed by atoms with E-state index in [4.69, 9.17) is 11.6 Å². The zero-order valence-corrected chi connectivity index (χ0v) is 15.0. The molecule has 1 aliphatic heterocycles. The zero-order valence-electron chi connectivity index (χ0n) is 14.3. The van der Waals surface area contributed by atoms with Crippen molar-refractivity contribution in [3.8, 4) is 0 Å². The molecule has 1 aromatic carbocycles. The first-order valence-corrected chi connectivity index (χ1v) is 8.42. The van der Waals surface area contributed by atoms with Gasteiger partial charge in [-0.1, -0.05) is 38.4 Å². The zero-order chi connectivity index (χ0) is 17.2. The van der Waals surface area contributed by atoms with Crippen LogP contribution in [0.4, 0.5) is 5.69 Å². The minimum absolute atomic E-state index is 0.0400. The fourth-order valence-corrected chi connectivity index (χ4v) is 2.99. The first kappa shape index (κ1) is 17.8. The van der Waals surface area contributed by atoms with Gasteiger partial charge in [-0.05, 0) is 37.5 Å². The molecule has 5 heteroatoms. The predicted molar refractivity (Wildman–Crippen MR) is 93.6 cm³/mol. The molecule has 1 unspecified atom stereocenters. The van der Waals surface area contributed by atoms with Crippen molar-refractivity contribution in [2.45, 2.75) is 40.5 Å². The summed E-state index contributed by atoms with van der Waals surface area (Å²) < 4.78 is 0. The van der Waals surface area contributed by atoms with E-state index in [1.807, 2.05) is 38.7 Å². The van der Waals surface area contributed by atoms with Gasteiger partial charge in [0, 0.05) is 29.2 Å². The maximum absolute atomic E-state index is 12.6. The number of nitrogens with one attached hydrogen (secondary N) is 1. The van der Waals surface area contributed by atoms with E-state index >= 15 is 0 Å². The van der Waals surface area contributed by atoms with E-state index in [0.29, 0.717) is 11.6 Å². The average Bonchev–Trinajstić information content (AvgIpc) is 2.49. The summed E-state index contributed by atoms with van der Waals surface area (Å²) in [5.41, 5.74) is 1.30. The van der Waals surface area contributed by atoms with Gasteiger partial charge in [0.15, 0.2) is 0 Å². The number of hydrogen-bond donors (Lipinski definition) is 1. The Kier molecular flexibility index (Phi) is 5.35. The molecule has 1 N–H and O–H groups in total. The van der Waals surface area contributed by atoms with E-state index in [0.717, 1.165) is 30.6 Å². The molecule has 4 nitrogen and oxygen atoms in total. The number of amides is 2. The second-order valence-electron chi connectivity index (χ2n) is 7.29. The number of carbonyl (C=O) groups is 2. The molecule has 0 saturated carbocycles. The molecule has 23 heavy (non-hydrogen) atoms. The Morgan fingerprint density at radius 2 is 2.00 bits per heavy atom. The molecule has 0 spiro atoms. The van der Waals surface area contributed by atoms with Crippen molar-refractivity contribution in [2.24, 2.45) is 11.3 Å². The van der Waals surface area contributed by atoms with Crippen LogP contribution in [-0.2, 0) is 9.59 Å². The lowest BCUT2D eigenvalue weighted by Crippen LogP contribution is -2.47. The largest absolute Gasteiger partial charge is 0.341 e. The van der Waals surface area contributed by atoms with E-state index in [1.165, 1.54) is 0 Å². The smallest absolute Gasteiger partial charge is 0.229 e. The summed E-state index contributed by atoms with van der Waals surface area (Å²) in [6.45, 7) is 8.89. The van der Waals surface area contributed by atoms with Crippen molar-refractivity contribution >= 4 is 29.1 Å². The number of likely N-dealkylation sites (tertiary alicyclic amines) is 1. The molecule has 2 amide bonds. The highest BCUT2D eigenvalue weighted by Crippen LogP contribution is 2.26. The van der Waals surface area contributed by atoms with Gasteiger partial charge in [0.25, 0.3) is 0 Å². The van der Waals surface area contributed by atoms with Crippen LogP contribution in [0.25, 0.3) is 0 Å². The second-order valence-corrected chi connectivity index (χ2v) is 7.73. The molecule has 0 bridgehead atoms. The fourth-order valence-electron chi connectivity index (χ4n) is 2.81. The van der Waals surface area contributed by atoms with Gasteiger partial charge in [-0.3, -0.25) is 9.59 Å². The SMILES string of the molecule is Cc1ccc(Cl)cc1NC(=O)C1CCCN(C(=O)C(C)(C)C)C1. The van der Waals surface area contributed by atoms with Crippen LogP contribution in [0.1, 0.15) is 39.2 Å². The number of aryl methyl sites for hydroxylation is 1. The Labute approximate surface area is 143 Å². The van der Waals surface area contributed by atoms with Crippen molar-refractivity contribution in [1.29, 1.82) is 0 Å². The minimum Gasteiger partial charge on any atom is -0.341 e. The van der Waals surface area contributed by atoms with E-state index in [2.05, 4.69) is 5.32 Å². The number of hydrogen-bond acceptors (Lipinski definition) is 2. The van der Waals surface area contributed by atoms with Crippen molar-refractivity contribution in [3.05, 3.63) is 28.8 Å². The quantitative estimate of drug-likeness (QED) is 0.891. The molecule has 1 saturated heterocycles. The standard InChI is InChI=1S/C18H25ClN2O2/c1-12-7-8-14(19)10-15(12)20-16(22)13-6-5-9-21(11-13)17(23)18(2,3)4/h7-8,10,13H,5-6,9,11H2,1-4H3,(H,20,22). The highest BCUT2D eigenvalue weighted by Gasteiger charge is 2.33. The lowest BCUT2D eigenvalue weighted by molar-refractivity contribution is -0.142. The molecule has 1 aliphatic rings. The first-order chi connectivity index (χ1) is 10.7. The van der Waals surface area contributed by atoms with Crippen molar-refractivity contribution in [3.63, 3.8) is 0 Å². The molecule has 1 heterocycles. The van der Waals surface area contributed by atoms with Crippen molar-refractivity contribution in [1.82, 2.24) is 4.90 Å². The van der Waals surface area contributed by atoms with Crippen LogP contribution in [0.5, 0.6) is 0 Å². The van der Waals surface area contributed by atoms with Gasteiger partial charge in [0.1, 0.15) is 0 Å². The van der Waals surface area contributed by atoms with E-state index in [9.17, 15) is 9.59 Å². The number of anilines is 1. The highest BCUT2D eigenvalue weighted by molar-refractivity contribution is 6.31. The summed E-state index contributed by atoms with van der Waals surface area (Å²) in [5, 5.41) is 3.55. The van der Waals surface area contributed by atoms with E-state index < -0.39 is 5.41 Å². The van der Waals surface area contributed by atoms with Crippen LogP contribution in [0.15, 0.2) is 18.2 Å². The Hall–Kier alpha value is -1.55. The van der Waals surface area contributed by atoms with Gasteiger partial charge in [0.2, 0.25) is 11.8 Å².